The number of likely N-dealkylation sites (N-methyl/N-ethyl adjacent to an activating group) is 1. The second-order valence-corrected chi connectivity index (χ2v) is 7.35. The summed E-state index contributed by atoms with van der Waals surface area (Å²) in [5.74, 6) is 0.453. The van der Waals surface area contributed by atoms with E-state index in [1.165, 1.54) is 0 Å². The Morgan fingerprint density at radius 1 is 1.00 bits per heavy atom. The first-order valence-corrected chi connectivity index (χ1v) is 10.7. The Morgan fingerprint density at radius 3 is 2.42 bits per heavy atom. The number of fused-ring (bicyclic) bond motifs is 1. The van der Waals surface area contributed by atoms with Crippen molar-refractivity contribution in [3.63, 3.8) is 0 Å². The second-order valence-electron chi connectivity index (χ2n) is 7.35. The third-order valence-electron chi connectivity index (χ3n) is 5.30. The van der Waals surface area contributed by atoms with E-state index in [2.05, 4.69) is 5.32 Å². The number of ether oxygens (including phenoxy) is 1. The molecule has 0 aromatic heterocycles. The van der Waals surface area contributed by atoms with Crippen molar-refractivity contribution >= 4 is 29.1 Å². The molecule has 1 aliphatic heterocycles. The van der Waals surface area contributed by atoms with Crippen molar-refractivity contribution in [2.24, 2.45) is 0 Å². The number of hydrogen-bond donors (Lipinski definition) is 1. The highest BCUT2D eigenvalue weighted by molar-refractivity contribution is 5.99. The Hall–Kier alpha value is -3.35. The number of hydrogen-bond acceptors (Lipinski definition) is 4. The van der Waals surface area contributed by atoms with Gasteiger partial charge in [-0.3, -0.25) is 14.4 Å². The molecular weight excluding hydrogens is 394 g/mol. The Labute approximate surface area is 183 Å². The number of rotatable bonds is 8. The largest absolute Gasteiger partial charge is 0.490 e. The number of para-hydroxylation sites is 2. The van der Waals surface area contributed by atoms with Crippen LogP contribution in [-0.2, 0) is 20.8 Å². The maximum Gasteiger partial charge on any atom is 0.227 e. The molecule has 0 spiro atoms. The van der Waals surface area contributed by atoms with Gasteiger partial charge in [-0.25, -0.2) is 0 Å². The standard InChI is InChI=1S/C24H29N3O4/c1-3-26(4-2)24(30)17-18-9-11-19(12-10-18)25-22(28)13-14-23(29)27-15-16-31-21-8-6-5-7-20(21)27/h5-12H,3-4,13-17H2,1-2H3,(H,25,28). The summed E-state index contributed by atoms with van der Waals surface area (Å²) in [5.41, 5.74) is 2.29. The van der Waals surface area contributed by atoms with E-state index in [1.807, 2.05) is 50.2 Å². The van der Waals surface area contributed by atoms with Crippen molar-refractivity contribution in [1.29, 1.82) is 0 Å². The van der Waals surface area contributed by atoms with Crippen LogP contribution in [0.15, 0.2) is 48.5 Å². The first-order chi connectivity index (χ1) is 15.0. The predicted molar refractivity (Wildman–Crippen MR) is 120 cm³/mol. The molecule has 164 valence electrons. The number of benzene rings is 2. The van der Waals surface area contributed by atoms with Crippen molar-refractivity contribution in [2.45, 2.75) is 33.1 Å². The molecule has 0 saturated heterocycles. The molecule has 3 rings (SSSR count). The van der Waals surface area contributed by atoms with Gasteiger partial charge in [0.2, 0.25) is 17.7 Å². The Kier molecular flexibility index (Phi) is 7.65. The van der Waals surface area contributed by atoms with Gasteiger partial charge < -0.3 is 19.9 Å². The monoisotopic (exact) mass is 423 g/mol. The number of amides is 3. The van der Waals surface area contributed by atoms with E-state index in [0.717, 1.165) is 11.3 Å². The summed E-state index contributed by atoms with van der Waals surface area (Å²) in [6, 6.07) is 14.6. The molecule has 1 N–H and O–H groups in total. The lowest BCUT2D eigenvalue weighted by Gasteiger charge is -2.29. The highest BCUT2D eigenvalue weighted by atomic mass is 16.5. The molecule has 7 heteroatoms. The average Bonchev–Trinajstić information content (AvgIpc) is 2.79. The third-order valence-corrected chi connectivity index (χ3v) is 5.30. The van der Waals surface area contributed by atoms with Crippen LogP contribution < -0.4 is 15.0 Å². The zero-order valence-electron chi connectivity index (χ0n) is 18.1. The number of nitrogens with zero attached hydrogens (tertiary/aromatic N) is 2. The van der Waals surface area contributed by atoms with Crippen molar-refractivity contribution in [3.05, 3.63) is 54.1 Å². The summed E-state index contributed by atoms with van der Waals surface area (Å²) in [4.78, 5) is 40.6. The zero-order valence-corrected chi connectivity index (χ0v) is 18.1. The summed E-state index contributed by atoms with van der Waals surface area (Å²) in [7, 11) is 0. The Morgan fingerprint density at radius 2 is 1.71 bits per heavy atom. The van der Waals surface area contributed by atoms with Crippen LogP contribution in [0.25, 0.3) is 0 Å². The smallest absolute Gasteiger partial charge is 0.227 e. The first-order valence-electron chi connectivity index (χ1n) is 10.7. The summed E-state index contributed by atoms with van der Waals surface area (Å²) < 4.78 is 5.57. The minimum atomic E-state index is -0.220. The molecule has 7 nitrogen and oxygen atoms in total. The van der Waals surface area contributed by atoms with Crippen LogP contribution in [0.2, 0.25) is 0 Å². The van der Waals surface area contributed by atoms with Crippen molar-refractivity contribution in [3.8, 4) is 5.75 Å². The zero-order chi connectivity index (χ0) is 22.2. The minimum Gasteiger partial charge on any atom is -0.490 e. The lowest BCUT2D eigenvalue weighted by molar-refractivity contribution is -0.130. The molecule has 2 aromatic rings. The van der Waals surface area contributed by atoms with Gasteiger partial charge in [-0.15, -0.1) is 0 Å². The van der Waals surface area contributed by atoms with Crippen LogP contribution >= 0.6 is 0 Å². The maximum atomic E-state index is 12.6. The molecule has 31 heavy (non-hydrogen) atoms. The van der Waals surface area contributed by atoms with Crippen molar-refractivity contribution < 1.29 is 19.1 Å². The third kappa shape index (κ3) is 5.84. The van der Waals surface area contributed by atoms with Gasteiger partial charge in [-0.2, -0.15) is 0 Å². The maximum absolute atomic E-state index is 12.6. The number of nitrogens with one attached hydrogen (secondary N) is 1. The predicted octanol–water partition coefficient (Wildman–Crippen LogP) is 3.24. The SMILES string of the molecule is CCN(CC)C(=O)Cc1ccc(NC(=O)CCC(=O)N2CCOc3ccccc32)cc1. The van der Waals surface area contributed by atoms with Gasteiger partial charge in [0.25, 0.3) is 0 Å². The van der Waals surface area contributed by atoms with Crippen LogP contribution in [0.5, 0.6) is 5.75 Å². The van der Waals surface area contributed by atoms with E-state index in [1.54, 1.807) is 21.9 Å². The molecule has 0 radical (unpaired) electrons. The van der Waals surface area contributed by atoms with Gasteiger partial charge in [-0.1, -0.05) is 24.3 Å². The van der Waals surface area contributed by atoms with E-state index < -0.39 is 0 Å². The quantitative estimate of drug-likeness (QED) is 0.707. The lowest BCUT2D eigenvalue weighted by atomic mass is 10.1. The number of carbonyl (C=O) groups excluding carboxylic acids is 3. The van der Waals surface area contributed by atoms with E-state index in [-0.39, 0.29) is 30.6 Å². The van der Waals surface area contributed by atoms with E-state index in [4.69, 9.17) is 4.74 Å². The Balaban J connectivity index is 1.49. The topological polar surface area (TPSA) is 79.0 Å². The number of anilines is 2. The van der Waals surface area contributed by atoms with Gasteiger partial charge in [0, 0.05) is 31.6 Å². The lowest BCUT2D eigenvalue weighted by Crippen LogP contribution is -2.38. The molecule has 1 aliphatic rings. The summed E-state index contributed by atoms with van der Waals surface area (Å²) in [6.45, 7) is 6.23. The van der Waals surface area contributed by atoms with E-state index in [0.29, 0.717) is 44.1 Å². The van der Waals surface area contributed by atoms with E-state index >= 15 is 0 Å². The van der Waals surface area contributed by atoms with Gasteiger partial charge in [-0.05, 0) is 43.7 Å². The van der Waals surface area contributed by atoms with Gasteiger partial charge >= 0.3 is 0 Å². The van der Waals surface area contributed by atoms with Crippen molar-refractivity contribution in [1.82, 2.24) is 4.90 Å². The molecule has 0 saturated carbocycles. The van der Waals surface area contributed by atoms with Crippen LogP contribution in [-0.4, -0.2) is 48.9 Å². The highest BCUT2D eigenvalue weighted by Crippen LogP contribution is 2.31. The normalized spacial score (nSPS) is 12.5. The average molecular weight is 424 g/mol. The van der Waals surface area contributed by atoms with Crippen molar-refractivity contribution in [2.75, 3.05) is 36.5 Å². The molecule has 0 fully saturated rings. The molecule has 2 aromatic carbocycles. The van der Waals surface area contributed by atoms with Crippen LogP contribution in [0, 0.1) is 0 Å². The molecule has 0 atom stereocenters. The fraction of sp³-hybridized carbons (Fsp3) is 0.375. The van der Waals surface area contributed by atoms with Gasteiger partial charge in [0.15, 0.2) is 0 Å². The van der Waals surface area contributed by atoms with Gasteiger partial charge in [0.1, 0.15) is 12.4 Å². The van der Waals surface area contributed by atoms with Gasteiger partial charge in [0.05, 0.1) is 18.7 Å². The second kappa shape index (κ2) is 10.6. The highest BCUT2D eigenvalue weighted by Gasteiger charge is 2.23. The summed E-state index contributed by atoms with van der Waals surface area (Å²) in [5, 5.41) is 2.82. The Bertz CT molecular complexity index is 923. The molecule has 0 aliphatic carbocycles. The fourth-order valence-corrected chi connectivity index (χ4v) is 3.58. The molecule has 3 amide bonds. The summed E-state index contributed by atoms with van der Waals surface area (Å²) in [6.07, 6.45) is 0.558. The minimum absolute atomic E-state index is 0.0879. The molecular formula is C24H29N3O4. The number of carbonyl (C=O) groups is 3. The molecule has 1 heterocycles. The molecule has 0 bridgehead atoms. The first kappa shape index (κ1) is 22.3. The van der Waals surface area contributed by atoms with E-state index in [9.17, 15) is 14.4 Å². The van der Waals surface area contributed by atoms with Crippen LogP contribution in [0.4, 0.5) is 11.4 Å². The summed E-state index contributed by atoms with van der Waals surface area (Å²) >= 11 is 0. The van der Waals surface area contributed by atoms with Crippen LogP contribution in [0.1, 0.15) is 32.3 Å². The fourth-order valence-electron chi connectivity index (χ4n) is 3.58. The molecule has 0 unspecified atom stereocenters. The van der Waals surface area contributed by atoms with Crippen LogP contribution in [0.3, 0.4) is 0 Å².